The first-order valence-corrected chi connectivity index (χ1v) is 10.4. The molecule has 0 radical (unpaired) electrons. The molecule has 1 atom stereocenters. The molecule has 6 heteroatoms. The van der Waals surface area contributed by atoms with Crippen molar-refractivity contribution in [3.63, 3.8) is 0 Å². The molecule has 29 heavy (non-hydrogen) atoms. The molecule has 2 aromatic carbocycles. The number of amides is 2. The van der Waals surface area contributed by atoms with Gasteiger partial charge in [0.05, 0.1) is 12.6 Å². The fourth-order valence-corrected chi connectivity index (χ4v) is 4.14. The van der Waals surface area contributed by atoms with E-state index in [1.54, 1.807) is 0 Å². The van der Waals surface area contributed by atoms with Gasteiger partial charge in [-0.2, -0.15) is 0 Å². The zero-order valence-corrected chi connectivity index (χ0v) is 17.8. The lowest BCUT2D eigenvalue weighted by atomic mass is 10.1. The third kappa shape index (κ3) is 5.81. The van der Waals surface area contributed by atoms with E-state index in [1.807, 2.05) is 56.3 Å². The standard InChI is InChI=1S/C23H28ClN3O2/c1-16-11-17(2)13-18(12-16)23(29)26-15-22(28)25-14-21(27-9-5-6-10-27)19-7-3-4-8-20(19)24/h3-4,7-8,11-13,21H,5-6,9-10,14-15H2,1-2H3,(H,25,28)(H,26,29). The van der Waals surface area contributed by atoms with Gasteiger partial charge in [-0.05, 0) is 63.5 Å². The van der Waals surface area contributed by atoms with E-state index in [1.165, 1.54) is 0 Å². The van der Waals surface area contributed by atoms with Gasteiger partial charge in [-0.25, -0.2) is 0 Å². The summed E-state index contributed by atoms with van der Waals surface area (Å²) in [7, 11) is 0. The predicted molar refractivity (Wildman–Crippen MR) is 116 cm³/mol. The van der Waals surface area contributed by atoms with Crippen molar-refractivity contribution in [3.8, 4) is 0 Å². The molecule has 1 saturated heterocycles. The summed E-state index contributed by atoms with van der Waals surface area (Å²) in [6.45, 7) is 6.29. The van der Waals surface area contributed by atoms with Crippen LogP contribution in [0, 0.1) is 13.8 Å². The number of likely N-dealkylation sites (tertiary alicyclic amines) is 1. The van der Waals surface area contributed by atoms with Crippen LogP contribution in [0.3, 0.4) is 0 Å². The molecular weight excluding hydrogens is 386 g/mol. The summed E-state index contributed by atoms with van der Waals surface area (Å²) in [6.07, 6.45) is 2.31. The number of rotatable bonds is 7. The zero-order valence-electron chi connectivity index (χ0n) is 17.0. The number of nitrogens with one attached hydrogen (secondary N) is 2. The minimum atomic E-state index is -0.242. The Bertz CT molecular complexity index is 858. The number of aryl methyl sites for hydroxylation is 2. The van der Waals surface area contributed by atoms with Gasteiger partial charge in [-0.3, -0.25) is 14.5 Å². The molecule has 1 heterocycles. The highest BCUT2D eigenvalue weighted by Crippen LogP contribution is 2.29. The second-order valence-electron chi connectivity index (χ2n) is 7.64. The summed E-state index contributed by atoms with van der Waals surface area (Å²) >= 11 is 6.41. The number of halogens is 1. The van der Waals surface area contributed by atoms with Crippen LogP contribution in [0.1, 0.15) is 45.9 Å². The molecule has 2 N–H and O–H groups in total. The van der Waals surface area contributed by atoms with Gasteiger partial charge in [-0.15, -0.1) is 0 Å². The molecule has 1 unspecified atom stereocenters. The number of hydrogen-bond donors (Lipinski definition) is 2. The van der Waals surface area contributed by atoms with Crippen LogP contribution in [-0.2, 0) is 4.79 Å². The normalized spacial score (nSPS) is 15.1. The van der Waals surface area contributed by atoms with Crippen molar-refractivity contribution in [1.82, 2.24) is 15.5 Å². The summed E-state index contributed by atoms with van der Waals surface area (Å²) in [6, 6.07) is 13.5. The maximum Gasteiger partial charge on any atom is 0.251 e. The molecule has 1 fully saturated rings. The smallest absolute Gasteiger partial charge is 0.251 e. The molecule has 0 aromatic heterocycles. The van der Waals surface area contributed by atoms with E-state index in [4.69, 9.17) is 11.6 Å². The van der Waals surface area contributed by atoms with Crippen LogP contribution < -0.4 is 10.6 Å². The highest BCUT2D eigenvalue weighted by Gasteiger charge is 2.25. The second kappa shape index (κ2) is 9.90. The topological polar surface area (TPSA) is 61.4 Å². The Hall–Kier alpha value is -2.37. The van der Waals surface area contributed by atoms with E-state index in [-0.39, 0.29) is 24.4 Å². The van der Waals surface area contributed by atoms with Crippen LogP contribution >= 0.6 is 11.6 Å². The third-order valence-corrected chi connectivity index (χ3v) is 5.58. The molecule has 0 saturated carbocycles. The van der Waals surface area contributed by atoms with Crippen LogP contribution in [0.2, 0.25) is 5.02 Å². The maximum absolute atomic E-state index is 12.4. The molecule has 0 spiro atoms. The van der Waals surface area contributed by atoms with Gasteiger partial charge in [0.2, 0.25) is 5.91 Å². The number of carbonyl (C=O) groups excluding carboxylic acids is 2. The summed E-state index contributed by atoms with van der Waals surface area (Å²) in [5.74, 6) is -0.451. The lowest BCUT2D eigenvalue weighted by Gasteiger charge is -2.29. The minimum Gasteiger partial charge on any atom is -0.353 e. The number of carbonyl (C=O) groups is 2. The first kappa shape index (κ1) is 21.3. The van der Waals surface area contributed by atoms with Crippen LogP contribution in [0.5, 0.6) is 0 Å². The van der Waals surface area contributed by atoms with Gasteiger partial charge in [0.25, 0.3) is 5.91 Å². The third-order valence-electron chi connectivity index (χ3n) is 5.23. The van der Waals surface area contributed by atoms with E-state index in [0.717, 1.165) is 42.6 Å². The fourth-order valence-electron chi connectivity index (χ4n) is 3.88. The monoisotopic (exact) mass is 413 g/mol. The number of benzene rings is 2. The Morgan fingerprint density at radius 1 is 1.03 bits per heavy atom. The van der Waals surface area contributed by atoms with Crippen molar-refractivity contribution in [2.75, 3.05) is 26.2 Å². The van der Waals surface area contributed by atoms with E-state index in [0.29, 0.717) is 17.1 Å². The van der Waals surface area contributed by atoms with Gasteiger partial charge in [-0.1, -0.05) is 47.0 Å². The lowest BCUT2D eigenvalue weighted by Crippen LogP contribution is -2.41. The zero-order chi connectivity index (χ0) is 20.8. The van der Waals surface area contributed by atoms with Crippen LogP contribution in [-0.4, -0.2) is 42.9 Å². The quantitative estimate of drug-likeness (QED) is 0.728. The Balaban J connectivity index is 1.57. The van der Waals surface area contributed by atoms with Crippen molar-refractivity contribution in [2.24, 2.45) is 0 Å². The van der Waals surface area contributed by atoms with Gasteiger partial charge in [0, 0.05) is 17.1 Å². The fraction of sp³-hybridized carbons (Fsp3) is 0.391. The molecule has 3 rings (SSSR count). The van der Waals surface area contributed by atoms with Crippen LogP contribution in [0.15, 0.2) is 42.5 Å². The van der Waals surface area contributed by atoms with Gasteiger partial charge in [0.15, 0.2) is 0 Å². The molecule has 154 valence electrons. The Morgan fingerprint density at radius 2 is 1.69 bits per heavy atom. The van der Waals surface area contributed by atoms with Crippen molar-refractivity contribution in [2.45, 2.75) is 32.7 Å². The van der Waals surface area contributed by atoms with Gasteiger partial charge in [0.1, 0.15) is 0 Å². The van der Waals surface area contributed by atoms with Crippen molar-refractivity contribution < 1.29 is 9.59 Å². The lowest BCUT2D eigenvalue weighted by molar-refractivity contribution is -0.120. The average molecular weight is 414 g/mol. The Kier molecular flexibility index (Phi) is 7.29. The molecule has 1 aliphatic heterocycles. The largest absolute Gasteiger partial charge is 0.353 e. The highest BCUT2D eigenvalue weighted by atomic mass is 35.5. The van der Waals surface area contributed by atoms with E-state index in [9.17, 15) is 9.59 Å². The Labute approximate surface area is 177 Å². The minimum absolute atomic E-state index is 0.0327. The summed E-state index contributed by atoms with van der Waals surface area (Å²) in [4.78, 5) is 27.1. The van der Waals surface area contributed by atoms with Crippen LogP contribution in [0.25, 0.3) is 0 Å². The van der Waals surface area contributed by atoms with Crippen molar-refractivity contribution >= 4 is 23.4 Å². The number of nitrogens with zero attached hydrogens (tertiary/aromatic N) is 1. The van der Waals surface area contributed by atoms with E-state index >= 15 is 0 Å². The molecule has 1 aliphatic rings. The molecule has 5 nitrogen and oxygen atoms in total. The molecule has 2 amide bonds. The average Bonchev–Trinajstić information content (AvgIpc) is 3.21. The summed E-state index contributed by atoms with van der Waals surface area (Å²) in [5, 5.41) is 6.38. The maximum atomic E-state index is 12.4. The first-order chi connectivity index (χ1) is 13.9. The molecule has 2 aromatic rings. The number of hydrogen-bond acceptors (Lipinski definition) is 3. The molecular formula is C23H28ClN3O2. The SMILES string of the molecule is Cc1cc(C)cc(C(=O)NCC(=O)NCC(c2ccccc2Cl)N2CCCC2)c1. The molecule has 0 bridgehead atoms. The second-order valence-corrected chi connectivity index (χ2v) is 8.05. The first-order valence-electron chi connectivity index (χ1n) is 10.1. The van der Waals surface area contributed by atoms with E-state index in [2.05, 4.69) is 15.5 Å². The van der Waals surface area contributed by atoms with Crippen LogP contribution in [0.4, 0.5) is 0 Å². The van der Waals surface area contributed by atoms with Gasteiger partial charge < -0.3 is 10.6 Å². The highest BCUT2D eigenvalue weighted by molar-refractivity contribution is 6.31. The van der Waals surface area contributed by atoms with E-state index < -0.39 is 0 Å². The van der Waals surface area contributed by atoms with Crippen molar-refractivity contribution in [1.29, 1.82) is 0 Å². The van der Waals surface area contributed by atoms with Crippen molar-refractivity contribution in [3.05, 3.63) is 69.7 Å². The Morgan fingerprint density at radius 3 is 2.34 bits per heavy atom. The summed E-state index contributed by atoms with van der Waals surface area (Å²) in [5.41, 5.74) is 3.64. The molecule has 0 aliphatic carbocycles. The predicted octanol–water partition coefficient (Wildman–Crippen LogP) is 3.64. The summed E-state index contributed by atoms with van der Waals surface area (Å²) < 4.78 is 0. The van der Waals surface area contributed by atoms with Gasteiger partial charge >= 0.3 is 0 Å².